The first-order valence-electron chi connectivity index (χ1n) is 8.27. The minimum absolute atomic E-state index is 0.191. The van der Waals surface area contributed by atoms with Crippen molar-refractivity contribution in [1.29, 1.82) is 0 Å². The quantitative estimate of drug-likeness (QED) is 0.802. The normalized spacial score (nSPS) is 16.7. The van der Waals surface area contributed by atoms with Crippen molar-refractivity contribution in [2.45, 2.75) is 24.3 Å². The Labute approximate surface area is 156 Å². The number of halogens is 1. The molecular formula is C19H20FN3O2S. The molecule has 0 radical (unpaired) electrons. The van der Waals surface area contributed by atoms with Gasteiger partial charge >= 0.3 is 6.03 Å². The third-order valence-electron chi connectivity index (χ3n) is 4.31. The molecule has 0 unspecified atom stereocenters. The fraction of sp³-hybridized carbons (Fsp3) is 0.263. The van der Waals surface area contributed by atoms with Crippen molar-refractivity contribution >= 4 is 35.1 Å². The van der Waals surface area contributed by atoms with E-state index < -0.39 is 12.1 Å². The van der Waals surface area contributed by atoms with Crippen molar-refractivity contribution in [3.63, 3.8) is 0 Å². The number of aryl methyl sites for hydroxylation is 1. The van der Waals surface area contributed by atoms with Gasteiger partial charge in [-0.15, -0.1) is 11.8 Å². The average Bonchev–Trinajstić information content (AvgIpc) is 2.98. The van der Waals surface area contributed by atoms with Gasteiger partial charge in [0.1, 0.15) is 11.9 Å². The number of rotatable bonds is 4. The highest BCUT2D eigenvalue weighted by atomic mass is 32.2. The molecule has 7 heteroatoms. The third-order valence-corrected chi connectivity index (χ3v) is 5.06. The van der Waals surface area contributed by atoms with E-state index in [0.717, 1.165) is 4.90 Å². The maximum Gasteiger partial charge on any atom is 0.319 e. The summed E-state index contributed by atoms with van der Waals surface area (Å²) in [6.07, 6.45) is 2.49. The third kappa shape index (κ3) is 3.99. The highest BCUT2D eigenvalue weighted by molar-refractivity contribution is 7.98. The van der Waals surface area contributed by atoms with Crippen LogP contribution in [-0.2, 0) is 4.79 Å². The van der Waals surface area contributed by atoms with E-state index in [0.29, 0.717) is 29.9 Å². The monoisotopic (exact) mass is 373 g/mol. The summed E-state index contributed by atoms with van der Waals surface area (Å²) in [4.78, 5) is 27.4. The van der Waals surface area contributed by atoms with Gasteiger partial charge in [0.25, 0.3) is 0 Å². The maximum absolute atomic E-state index is 13.4. The Balaban J connectivity index is 1.60. The van der Waals surface area contributed by atoms with E-state index in [1.165, 1.54) is 6.07 Å². The fourth-order valence-corrected chi connectivity index (χ4v) is 3.28. The van der Waals surface area contributed by atoms with Crippen molar-refractivity contribution in [2.24, 2.45) is 0 Å². The fourth-order valence-electron chi connectivity index (χ4n) is 2.87. The standard InChI is InChI=1S/C19H20FN3O2S/c1-12-11-14(5-8-16(12)20)23-10-9-17(18(23)24)22-19(25)21-13-3-6-15(26-2)7-4-13/h3-8,11,17H,9-10H2,1-2H3,(H2,21,22,25)/t17-/m1/s1. The van der Waals surface area contributed by atoms with Crippen molar-refractivity contribution < 1.29 is 14.0 Å². The second kappa shape index (κ2) is 7.78. The van der Waals surface area contributed by atoms with Crippen molar-refractivity contribution in [1.82, 2.24) is 5.32 Å². The van der Waals surface area contributed by atoms with Crippen LogP contribution in [0.3, 0.4) is 0 Å². The number of hydrogen-bond donors (Lipinski definition) is 2. The summed E-state index contributed by atoms with van der Waals surface area (Å²) in [5.41, 5.74) is 1.79. The van der Waals surface area contributed by atoms with E-state index in [-0.39, 0.29) is 11.7 Å². The molecular weight excluding hydrogens is 353 g/mol. The van der Waals surface area contributed by atoms with Gasteiger partial charge in [-0.2, -0.15) is 0 Å². The lowest BCUT2D eigenvalue weighted by atomic mass is 10.2. The number of amides is 3. The highest BCUT2D eigenvalue weighted by Crippen LogP contribution is 2.24. The summed E-state index contributed by atoms with van der Waals surface area (Å²) >= 11 is 1.62. The van der Waals surface area contributed by atoms with Gasteiger partial charge in [0.05, 0.1) is 0 Å². The Bertz CT molecular complexity index is 826. The number of thioether (sulfide) groups is 1. The molecule has 2 aromatic carbocycles. The topological polar surface area (TPSA) is 61.4 Å². The van der Waals surface area contributed by atoms with E-state index in [2.05, 4.69) is 10.6 Å². The predicted molar refractivity (Wildman–Crippen MR) is 102 cm³/mol. The lowest BCUT2D eigenvalue weighted by Gasteiger charge is -2.18. The molecule has 26 heavy (non-hydrogen) atoms. The first-order valence-corrected chi connectivity index (χ1v) is 9.49. The minimum Gasteiger partial charge on any atom is -0.326 e. The van der Waals surface area contributed by atoms with Gasteiger partial charge in [0.15, 0.2) is 0 Å². The van der Waals surface area contributed by atoms with Gasteiger partial charge in [-0.1, -0.05) is 0 Å². The van der Waals surface area contributed by atoms with Crippen LogP contribution in [0.4, 0.5) is 20.6 Å². The van der Waals surface area contributed by atoms with Gasteiger partial charge in [0, 0.05) is 22.8 Å². The van der Waals surface area contributed by atoms with Crippen LogP contribution >= 0.6 is 11.8 Å². The lowest BCUT2D eigenvalue weighted by molar-refractivity contribution is -0.118. The zero-order valence-corrected chi connectivity index (χ0v) is 15.4. The number of anilines is 2. The summed E-state index contributed by atoms with van der Waals surface area (Å²) in [6, 6.07) is 11.0. The van der Waals surface area contributed by atoms with E-state index in [9.17, 15) is 14.0 Å². The smallest absolute Gasteiger partial charge is 0.319 e. The molecule has 0 aromatic heterocycles. The Hall–Kier alpha value is -2.54. The van der Waals surface area contributed by atoms with Gasteiger partial charge in [-0.25, -0.2) is 9.18 Å². The second-order valence-corrected chi connectivity index (χ2v) is 6.97. The number of nitrogens with zero attached hydrogens (tertiary/aromatic N) is 1. The van der Waals surface area contributed by atoms with Crippen molar-refractivity contribution in [3.8, 4) is 0 Å². The molecule has 1 fully saturated rings. The molecule has 0 spiro atoms. The molecule has 3 rings (SSSR count). The second-order valence-electron chi connectivity index (χ2n) is 6.09. The van der Waals surface area contributed by atoms with Crippen LogP contribution < -0.4 is 15.5 Å². The molecule has 2 aromatic rings. The first kappa shape index (κ1) is 18.3. The number of benzene rings is 2. The number of urea groups is 1. The van der Waals surface area contributed by atoms with Gasteiger partial charge in [0.2, 0.25) is 5.91 Å². The predicted octanol–water partition coefficient (Wildman–Crippen LogP) is 3.78. The number of nitrogens with one attached hydrogen (secondary N) is 2. The van der Waals surface area contributed by atoms with Crippen LogP contribution in [0.5, 0.6) is 0 Å². The van der Waals surface area contributed by atoms with Crippen LogP contribution in [0.2, 0.25) is 0 Å². The van der Waals surface area contributed by atoms with Crippen LogP contribution in [0.1, 0.15) is 12.0 Å². The van der Waals surface area contributed by atoms with E-state index in [4.69, 9.17) is 0 Å². The summed E-state index contributed by atoms with van der Waals surface area (Å²) in [6.45, 7) is 2.14. The molecule has 0 bridgehead atoms. The maximum atomic E-state index is 13.4. The first-order chi connectivity index (χ1) is 12.5. The Kier molecular flexibility index (Phi) is 5.46. The Morgan fingerprint density at radius 1 is 1.23 bits per heavy atom. The number of carbonyl (C=O) groups excluding carboxylic acids is 2. The molecule has 0 saturated carbocycles. The molecule has 1 saturated heterocycles. The molecule has 1 atom stereocenters. The summed E-state index contributed by atoms with van der Waals surface area (Å²) in [5.74, 6) is -0.495. The van der Waals surface area contributed by atoms with E-state index in [1.807, 2.05) is 30.5 Å². The van der Waals surface area contributed by atoms with Crippen molar-refractivity contribution in [3.05, 3.63) is 53.8 Å². The van der Waals surface area contributed by atoms with Crippen LogP contribution in [-0.4, -0.2) is 30.8 Å². The molecule has 2 N–H and O–H groups in total. The molecule has 1 aliphatic rings. The van der Waals surface area contributed by atoms with Crippen LogP contribution in [0, 0.1) is 12.7 Å². The van der Waals surface area contributed by atoms with Crippen LogP contribution in [0.15, 0.2) is 47.4 Å². The largest absolute Gasteiger partial charge is 0.326 e. The number of carbonyl (C=O) groups is 2. The van der Waals surface area contributed by atoms with E-state index in [1.54, 1.807) is 35.7 Å². The molecule has 3 amide bonds. The molecule has 1 heterocycles. The van der Waals surface area contributed by atoms with Crippen LogP contribution in [0.25, 0.3) is 0 Å². The Morgan fingerprint density at radius 3 is 2.62 bits per heavy atom. The minimum atomic E-state index is -0.592. The average molecular weight is 373 g/mol. The van der Waals surface area contributed by atoms with E-state index >= 15 is 0 Å². The molecule has 1 aliphatic heterocycles. The highest BCUT2D eigenvalue weighted by Gasteiger charge is 2.33. The zero-order valence-electron chi connectivity index (χ0n) is 14.6. The summed E-state index contributed by atoms with van der Waals surface area (Å²) < 4.78 is 13.4. The zero-order chi connectivity index (χ0) is 18.7. The SMILES string of the molecule is CSc1ccc(NC(=O)N[C@@H]2CCN(c3ccc(F)c(C)c3)C2=O)cc1. The summed E-state index contributed by atoms with van der Waals surface area (Å²) in [5, 5.41) is 5.44. The molecule has 0 aliphatic carbocycles. The molecule has 136 valence electrons. The van der Waals surface area contributed by atoms with Gasteiger partial charge in [-0.05, 0) is 67.6 Å². The van der Waals surface area contributed by atoms with Gasteiger partial charge in [-0.3, -0.25) is 4.79 Å². The van der Waals surface area contributed by atoms with Crippen molar-refractivity contribution in [2.75, 3.05) is 23.0 Å². The molecule has 5 nitrogen and oxygen atoms in total. The number of hydrogen-bond acceptors (Lipinski definition) is 3. The Morgan fingerprint density at radius 2 is 1.96 bits per heavy atom. The van der Waals surface area contributed by atoms with Gasteiger partial charge < -0.3 is 15.5 Å². The lowest BCUT2D eigenvalue weighted by Crippen LogP contribution is -2.43. The summed E-state index contributed by atoms with van der Waals surface area (Å²) in [7, 11) is 0.